The molecule has 2 nitrogen and oxygen atoms in total. The zero-order valence-electron chi connectivity index (χ0n) is 8.85. The van der Waals surface area contributed by atoms with E-state index < -0.39 is 14.4 Å². The summed E-state index contributed by atoms with van der Waals surface area (Å²) in [5, 5.41) is 9.18. The fourth-order valence-electron chi connectivity index (χ4n) is 0.521. The minimum absolute atomic E-state index is 0.210. The van der Waals surface area contributed by atoms with Gasteiger partial charge >= 0.3 is 0 Å². The van der Waals surface area contributed by atoms with E-state index in [4.69, 9.17) is 9.53 Å². The van der Waals surface area contributed by atoms with E-state index in [0.717, 1.165) is 0 Å². The Morgan fingerprint density at radius 1 is 1.42 bits per heavy atom. The lowest BCUT2D eigenvalue weighted by Gasteiger charge is -2.36. The molecule has 0 aliphatic rings. The van der Waals surface area contributed by atoms with E-state index in [1.54, 1.807) is 0 Å². The molecule has 0 amide bonds. The van der Waals surface area contributed by atoms with Gasteiger partial charge in [0.1, 0.15) is 0 Å². The first-order valence-corrected chi connectivity index (χ1v) is 7.23. The lowest BCUT2D eigenvalue weighted by atomic mass is 10.2. The van der Waals surface area contributed by atoms with E-state index in [0.29, 0.717) is 6.61 Å². The van der Waals surface area contributed by atoms with Crippen LogP contribution in [0.3, 0.4) is 0 Å². The van der Waals surface area contributed by atoms with Gasteiger partial charge in [0.25, 0.3) is 0 Å². The van der Waals surface area contributed by atoms with Crippen molar-refractivity contribution >= 4 is 8.32 Å². The molecule has 12 heavy (non-hydrogen) atoms. The SMILES string of the molecule is [CH2]C(O)CO[Si](C)(C)C(C)(C)C. The van der Waals surface area contributed by atoms with Crippen LogP contribution in [0.2, 0.25) is 18.1 Å². The zero-order chi connectivity index (χ0) is 9.99. The summed E-state index contributed by atoms with van der Waals surface area (Å²) in [6.07, 6.45) is -0.598. The molecule has 0 aliphatic carbocycles. The van der Waals surface area contributed by atoms with Crippen molar-refractivity contribution < 1.29 is 9.53 Å². The molecule has 0 spiro atoms. The highest BCUT2D eigenvalue weighted by molar-refractivity contribution is 6.74. The summed E-state index contributed by atoms with van der Waals surface area (Å²) >= 11 is 0. The fraction of sp³-hybridized carbons (Fsp3) is 0.889. The predicted molar refractivity (Wildman–Crippen MR) is 54.5 cm³/mol. The van der Waals surface area contributed by atoms with Crippen molar-refractivity contribution in [3.8, 4) is 0 Å². The van der Waals surface area contributed by atoms with E-state index in [1.807, 2.05) is 0 Å². The summed E-state index contributed by atoms with van der Waals surface area (Å²) in [5.41, 5.74) is 0. The minimum atomic E-state index is -1.67. The van der Waals surface area contributed by atoms with Crippen LogP contribution >= 0.6 is 0 Å². The van der Waals surface area contributed by atoms with E-state index in [9.17, 15) is 0 Å². The van der Waals surface area contributed by atoms with Crippen molar-refractivity contribution in [3.63, 3.8) is 0 Å². The van der Waals surface area contributed by atoms with E-state index in [1.165, 1.54) is 0 Å². The third-order valence-electron chi connectivity index (χ3n) is 2.44. The Hall–Kier alpha value is 0.137. The molecule has 73 valence electrons. The Labute approximate surface area is 77.1 Å². The normalized spacial score (nSPS) is 16.2. The predicted octanol–water partition coefficient (Wildman–Crippen LogP) is 2.20. The van der Waals surface area contributed by atoms with Gasteiger partial charge in [-0.25, -0.2) is 0 Å². The van der Waals surface area contributed by atoms with Gasteiger partial charge in [0.05, 0.1) is 12.7 Å². The van der Waals surface area contributed by atoms with Crippen LogP contribution in [0.5, 0.6) is 0 Å². The van der Waals surface area contributed by atoms with Gasteiger partial charge in [0.2, 0.25) is 0 Å². The second-order valence-electron chi connectivity index (χ2n) is 4.73. The smallest absolute Gasteiger partial charge is 0.192 e. The Morgan fingerprint density at radius 3 is 2.08 bits per heavy atom. The first kappa shape index (κ1) is 12.1. The molecular formula is C9H21O2Si. The largest absolute Gasteiger partial charge is 0.414 e. The van der Waals surface area contributed by atoms with Crippen LogP contribution in [-0.4, -0.2) is 26.1 Å². The molecule has 0 saturated heterocycles. The van der Waals surface area contributed by atoms with Crippen LogP contribution in [0.15, 0.2) is 0 Å². The third-order valence-corrected chi connectivity index (χ3v) is 6.94. The van der Waals surface area contributed by atoms with Gasteiger partial charge in [-0.15, -0.1) is 0 Å². The number of aliphatic hydroxyl groups excluding tert-OH is 1. The fourth-order valence-corrected chi connectivity index (χ4v) is 1.56. The number of aliphatic hydroxyl groups is 1. The summed E-state index contributed by atoms with van der Waals surface area (Å²) in [7, 11) is -1.67. The van der Waals surface area contributed by atoms with Crippen LogP contribution < -0.4 is 0 Å². The van der Waals surface area contributed by atoms with Crippen molar-refractivity contribution in [2.24, 2.45) is 0 Å². The van der Waals surface area contributed by atoms with Gasteiger partial charge < -0.3 is 9.53 Å². The second kappa shape index (κ2) is 3.90. The molecule has 0 aromatic carbocycles. The Kier molecular flexibility index (Phi) is 3.94. The molecule has 1 radical (unpaired) electrons. The summed E-state index contributed by atoms with van der Waals surface area (Å²) in [6.45, 7) is 14.7. The highest BCUT2D eigenvalue weighted by Crippen LogP contribution is 2.36. The summed E-state index contributed by atoms with van der Waals surface area (Å²) in [4.78, 5) is 0. The monoisotopic (exact) mass is 189 g/mol. The Morgan fingerprint density at radius 2 is 1.83 bits per heavy atom. The standard InChI is InChI=1S/C9H21O2Si/c1-8(10)7-11-12(5,6)9(2,3)4/h8,10H,1,7H2,2-6H3. The van der Waals surface area contributed by atoms with Crippen LogP contribution in [0.1, 0.15) is 20.8 Å². The van der Waals surface area contributed by atoms with E-state index in [2.05, 4.69) is 40.8 Å². The van der Waals surface area contributed by atoms with Crippen molar-refractivity contribution in [1.29, 1.82) is 0 Å². The lowest BCUT2D eigenvalue weighted by molar-refractivity contribution is 0.133. The van der Waals surface area contributed by atoms with Crippen LogP contribution in [0.25, 0.3) is 0 Å². The van der Waals surface area contributed by atoms with Gasteiger partial charge in [0, 0.05) is 0 Å². The van der Waals surface area contributed by atoms with Crippen molar-refractivity contribution in [1.82, 2.24) is 0 Å². The maximum absolute atomic E-state index is 8.97. The summed E-state index contributed by atoms with van der Waals surface area (Å²) in [5.74, 6) is 0. The third kappa shape index (κ3) is 3.69. The van der Waals surface area contributed by atoms with Crippen molar-refractivity contribution in [2.45, 2.75) is 45.0 Å². The molecule has 0 heterocycles. The highest BCUT2D eigenvalue weighted by atomic mass is 28.4. The molecule has 0 aromatic rings. The summed E-state index contributed by atoms with van der Waals surface area (Å²) < 4.78 is 5.68. The van der Waals surface area contributed by atoms with E-state index >= 15 is 0 Å². The molecular weight excluding hydrogens is 168 g/mol. The molecule has 1 N–H and O–H groups in total. The highest BCUT2D eigenvalue weighted by Gasteiger charge is 2.37. The second-order valence-corrected chi connectivity index (χ2v) is 9.53. The molecule has 3 heteroatoms. The average Bonchev–Trinajstić information content (AvgIpc) is 1.81. The quantitative estimate of drug-likeness (QED) is 0.690. The van der Waals surface area contributed by atoms with Crippen LogP contribution in [0, 0.1) is 6.92 Å². The molecule has 0 aromatic heterocycles. The van der Waals surface area contributed by atoms with E-state index in [-0.39, 0.29) is 5.04 Å². The number of rotatable bonds is 3. The van der Waals surface area contributed by atoms with Crippen LogP contribution in [0.4, 0.5) is 0 Å². The van der Waals surface area contributed by atoms with Gasteiger partial charge in [-0.05, 0) is 25.1 Å². The number of hydrogen-bond donors (Lipinski definition) is 1. The molecule has 1 atom stereocenters. The molecule has 0 aliphatic heterocycles. The van der Waals surface area contributed by atoms with Crippen molar-refractivity contribution in [2.75, 3.05) is 6.61 Å². The Bertz CT molecular complexity index is 136. The molecule has 1 unspecified atom stereocenters. The molecule has 0 rings (SSSR count). The maximum Gasteiger partial charge on any atom is 0.192 e. The van der Waals surface area contributed by atoms with Gasteiger partial charge in [-0.2, -0.15) is 0 Å². The zero-order valence-corrected chi connectivity index (χ0v) is 9.85. The molecule has 0 saturated carbocycles. The first-order chi connectivity index (χ1) is 5.17. The topological polar surface area (TPSA) is 29.5 Å². The molecule has 0 bridgehead atoms. The summed E-state index contributed by atoms with van der Waals surface area (Å²) in [6, 6.07) is 0. The Balaban J connectivity index is 4.05. The van der Waals surface area contributed by atoms with Crippen molar-refractivity contribution in [3.05, 3.63) is 6.92 Å². The van der Waals surface area contributed by atoms with Gasteiger partial charge in [-0.1, -0.05) is 20.8 Å². The minimum Gasteiger partial charge on any atom is -0.414 e. The number of hydrogen-bond acceptors (Lipinski definition) is 2. The lowest BCUT2D eigenvalue weighted by Crippen LogP contribution is -2.42. The van der Waals surface area contributed by atoms with Gasteiger partial charge in [0.15, 0.2) is 8.32 Å². The molecule has 0 fully saturated rings. The van der Waals surface area contributed by atoms with Crippen LogP contribution in [-0.2, 0) is 4.43 Å². The van der Waals surface area contributed by atoms with Gasteiger partial charge in [-0.3, -0.25) is 0 Å². The first-order valence-electron chi connectivity index (χ1n) is 4.32. The maximum atomic E-state index is 8.97. The average molecular weight is 189 g/mol.